The molecule has 0 aliphatic rings. The molecule has 96 valence electrons. The quantitative estimate of drug-likeness (QED) is 0.516. The second kappa shape index (κ2) is 4.46. The Bertz CT molecular complexity index is 924. The minimum absolute atomic E-state index is 0.999. The van der Waals surface area contributed by atoms with Gasteiger partial charge in [-0.2, -0.15) is 0 Å². The summed E-state index contributed by atoms with van der Waals surface area (Å²) in [4.78, 5) is 7.41. The van der Waals surface area contributed by atoms with Crippen LogP contribution in [0.5, 0.6) is 0 Å². The Kier molecular flexibility index (Phi) is 2.60. The lowest BCUT2D eigenvalue weighted by atomic mass is 10.0. The minimum Gasteiger partial charge on any atom is -0.345 e. The predicted octanol–water partition coefficient (Wildman–Crippen LogP) is 5.15. The normalized spacial score (nSPS) is 11.2. The fraction of sp³-hybridized carbons (Fsp3) is 0. The van der Waals surface area contributed by atoms with Crippen LogP contribution >= 0.6 is 15.9 Å². The number of hydrogen-bond donors (Lipinski definition) is 1. The van der Waals surface area contributed by atoms with E-state index < -0.39 is 0 Å². The first-order valence-corrected chi connectivity index (χ1v) is 7.22. The van der Waals surface area contributed by atoms with Crippen molar-refractivity contribution in [2.75, 3.05) is 0 Å². The fourth-order valence-corrected chi connectivity index (χ4v) is 2.89. The summed E-state index contributed by atoms with van der Waals surface area (Å²) in [7, 11) is 0. The van der Waals surface area contributed by atoms with Crippen molar-refractivity contribution in [3.63, 3.8) is 0 Å². The lowest BCUT2D eigenvalue weighted by Gasteiger charge is -2.05. The maximum absolute atomic E-state index is 4.25. The Balaban J connectivity index is 1.90. The first kappa shape index (κ1) is 11.7. The number of hydrogen-bond acceptors (Lipinski definition) is 1. The zero-order valence-corrected chi connectivity index (χ0v) is 12.2. The van der Waals surface area contributed by atoms with E-state index >= 15 is 0 Å². The van der Waals surface area contributed by atoms with E-state index in [0.29, 0.717) is 0 Å². The highest BCUT2D eigenvalue weighted by Gasteiger charge is 2.03. The van der Waals surface area contributed by atoms with E-state index in [9.17, 15) is 0 Å². The Morgan fingerprint density at radius 1 is 0.800 bits per heavy atom. The number of rotatable bonds is 1. The third-order valence-electron chi connectivity index (χ3n) is 3.56. The zero-order valence-electron chi connectivity index (χ0n) is 10.6. The first-order chi connectivity index (χ1) is 9.79. The number of aromatic amines is 1. The van der Waals surface area contributed by atoms with Gasteiger partial charge in [0.05, 0.1) is 17.4 Å². The first-order valence-electron chi connectivity index (χ1n) is 6.42. The van der Waals surface area contributed by atoms with Gasteiger partial charge in [-0.15, -0.1) is 0 Å². The smallest absolute Gasteiger partial charge is 0.0931 e. The topological polar surface area (TPSA) is 28.7 Å². The number of aromatic nitrogens is 2. The summed E-state index contributed by atoms with van der Waals surface area (Å²) in [6.07, 6.45) is 1.73. The van der Waals surface area contributed by atoms with Gasteiger partial charge in [0.15, 0.2) is 0 Å². The molecule has 0 saturated carbocycles. The van der Waals surface area contributed by atoms with Crippen molar-refractivity contribution < 1.29 is 0 Å². The van der Waals surface area contributed by atoms with Crippen molar-refractivity contribution in [3.05, 3.63) is 65.4 Å². The Morgan fingerprint density at radius 3 is 2.50 bits per heavy atom. The molecule has 0 fully saturated rings. The summed E-state index contributed by atoms with van der Waals surface area (Å²) in [6.45, 7) is 0. The van der Waals surface area contributed by atoms with E-state index in [1.165, 1.54) is 21.9 Å². The van der Waals surface area contributed by atoms with Gasteiger partial charge in [0, 0.05) is 4.47 Å². The highest BCUT2D eigenvalue weighted by molar-refractivity contribution is 9.10. The zero-order chi connectivity index (χ0) is 13.5. The molecule has 1 heterocycles. The maximum Gasteiger partial charge on any atom is 0.0931 e. The molecule has 3 aromatic carbocycles. The summed E-state index contributed by atoms with van der Waals surface area (Å²) in [5.74, 6) is 0. The van der Waals surface area contributed by atoms with Crippen molar-refractivity contribution in [1.82, 2.24) is 9.97 Å². The third-order valence-corrected chi connectivity index (χ3v) is 4.05. The number of halogens is 1. The van der Waals surface area contributed by atoms with Gasteiger partial charge in [-0.3, -0.25) is 0 Å². The highest BCUT2D eigenvalue weighted by Crippen LogP contribution is 2.27. The summed E-state index contributed by atoms with van der Waals surface area (Å²) >= 11 is 3.51. The summed E-state index contributed by atoms with van der Waals surface area (Å²) in [5, 5.41) is 2.49. The summed E-state index contributed by atoms with van der Waals surface area (Å²) < 4.78 is 1.11. The molecule has 0 unspecified atom stereocenters. The molecule has 0 spiro atoms. The van der Waals surface area contributed by atoms with Gasteiger partial charge in [-0.1, -0.05) is 40.2 Å². The van der Waals surface area contributed by atoms with Crippen molar-refractivity contribution in [2.45, 2.75) is 0 Å². The highest BCUT2D eigenvalue weighted by atomic mass is 79.9. The van der Waals surface area contributed by atoms with Gasteiger partial charge in [0.25, 0.3) is 0 Å². The minimum atomic E-state index is 0.999. The van der Waals surface area contributed by atoms with Gasteiger partial charge in [-0.25, -0.2) is 4.98 Å². The lowest BCUT2D eigenvalue weighted by molar-refractivity contribution is 1.34. The van der Waals surface area contributed by atoms with Gasteiger partial charge in [0.2, 0.25) is 0 Å². The second-order valence-corrected chi connectivity index (χ2v) is 5.76. The Morgan fingerprint density at radius 2 is 1.55 bits per heavy atom. The largest absolute Gasteiger partial charge is 0.345 e. The van der Waals surface area contributed by atoms with Crippen LogP contribution in [0.2, 0.25) is 0 Å². The van der Waals surface area contributed by atoms with E-state index in [1.54, 1.807) is 6.33 Å². The van der Waals surface area contributed by atoms with Crippen molar-refractivity contribution in [3.8, 4) is 11.1 Å². The van der Waals surface area contributed by atoms with Crippen LogP contribution < -0.4 is 0 Å². The van der Waals surface area contributed by atoms with Gasteiger partial charge in [0.1, 0.15) is 0 Å². The molecule has 4 rings (SSSR count). The summed E-state index contributed by atoms with van der Waals surface area (Å²) in [5.41, 5.74) is 4.49. The van der Waals surface area contributed by atoms with Crippen LogP contribution in [0.1, 0.15) is 0 Å². The van der Waals surface area contributed by atoms with Crippen LogP contribution in [0.25, 0.3) is 32.9 Å². The van der Waals surface area contributed by atoms with Crippen molar-refractivity contribution >= 4 is 37.7 Å². The maximum atomic E-state index is 4.25. The van der Waals surface area contributed by atoms with Gasteiger partial charge in [-0.05, 0) is 52.2 Å². The summed E-state index contributed by atoms with van der Waals surface area (Å²) in [6, 6.07) is 19.2. The van der Waals surface area contributed by atoms with Crippen LogP contribution in [0.15, 0.2) is 65.4 Å². The van der Waals surface area contributed by atoms with E-state index in [-0.39, 0.29) is 0 Å². The van der Waals surface area contributed by atoms with Gasteiger partial charge >= 0.3 is 0 Å². The van der Waals surface area contributed by atoms with Crippen LogP contribution in [0.3, 0.4) is 0 Å². The molecule has 4 aromatic rings. The van der Waals surface area contributed by atoms with Crippen LogP contribution in [0.4, 0.5) is 0 Å². The molecule has 1 aromatic heterocycles. The molecular formula is C17H11BrN2. The number of H-pyrrole nitrogens is 1. The monoisotopic (exact) mass is 322 g/mol. The number of imidazole rings is 1. The molecule has 1 N–H and O–H groups in total. The molecule has 0 amide bonds. The van der Waals surface area contributed by atoms with Crippen LogP contribution in [-0.4, -0.2) is 9.97 Å². The van der Waals surface area contributed by atoms with Crippen LogP contribution in [-0.2, 0) is 0 Å². The molecule has 0 bridgehead atoms. The predicted molar refractivity (Wildman–Crippen MR) is 86.7 cm³/mol. The van der Waals surface area contributed by atoms with E-state index in [1.807, 2.05) is 6.07 Å². The molecule has 0 aliphatic carbocycles. The SMILES string of the molecule is Brc1ccc2cc(-c3ccc4nc[nH]c4c3)ccc2c1. The number of benzene rings is 3. The lowest BCUT2D eigenvalue weighted by Crippen LogP contribution is -1.80. The number of nitrogens with one attached hydrogen (secondary N) is 1. The van der Waals surface area contributed by atoms with E-state index in [2.05, 4.69) is 74.4 Å². The molecule has 2 nitrogen and oxygen atoms in total. The Labute approximate surface area is 124 Å². The average Bonchev–Trinajstić information content (AvgIpc) is 2.94. The standard InChI is InChI=1S/C17H11BrN2/c18-15-5-3-12-7-11(1-2-13(12)8-15)14-4-6-16-17(9-14)20-10-19-16/h1-10H,(H,19,20). The molecule has 0 atom stereocenters. The van der Waals surface area contributed by atoms with E-state index in [0.717, 1.165) is 15.5 Å². The third kappa shape index (κ3) is 1.91. The molecule has 0 radical (unpaired) electrons. The fourth-order valence-electron chi connectivity index (χ4n) is 2.51. The van der Waals surface area contributed by atoms with E-state index in [4.69, 9.17) is 0 Å². The molecule has 3 heteroatoms. The molecule has 20 heavy (non-hydrogen) atoms. The molecule has 0 saturated heterocycles. The number of fused-ring (bicyclic) bond motifs is 2. The van der Waals surface area contributed by atoms with Crippen molar-refractivity contribution in [1.29, 1.82) is 0 Å². The second-order valence-electron chi connectivity index (χ2n) is 4.84. The average molecular weight is 323 g/mol. The molecule has 0 aliphatic heterocycles. The van der Waals surface area contributed by atoms with Crippen molar-refractivity contribution in [2.24, 2.45) is 0 Å². The Hall–Kier alpha value is -2.13. The number of nitrogens with zero attached hydrogens (tertiary/aromatic N) is 1. The molecular weight excluding hydrogens is 312 g/mol. The van der Waals surface area contributed by atoms with Gasteiger partial charge < -0.3 is 4.98 Å². The van der Waals surface area contributed by atoms with Crippen LogP contribution in [0, 0.1) is 0 Å².